The summed E-state index contributed by atoms with van der Waals surface area (Å²) in [6, 6.07) is 0. The smallest absolute Gasteiger partial charge is 0.327 e. The Morgan fingerprint density at radius 1 is 1.14 bits per heavy atom. The molecule has 0 bridgehead atoms. The van der Waals surface area contributed by atoms with Gasteiger partial charge in [0.25, 0.3) is 0 Å². The Hall–Kier alpha value is 0.330. The van der Waals surface area contributed by atoms with E-state index in [4.69, 9.17) is 4.74 Å². The van der Waals surface area contributed by atoms with Crippen LogP contribution in [-0.4, -0.2) is 17.5 Å². The van der Waals surface area contributed by atoms with E-state index in [1.54, 1.807) is 0 Å². The molecule has 2 unspecified atom stereocenters. The zero-order chi connectivity index (χ0) is 11.4. The minimum Gasteiger partial charge on any atom is -0.457 e. The van der Waals surface area contributed by atoms with Gasteiger partial charge in [-0.25, -0.2) is 4.79 Å². The van der Waals surface area contributed by atoms with Gasteiger partial charge in [0, 0.05) is 8.27 Å². The van der Waals surface area contributed by atoms with Crippen molar-refractivity contribution in [3.8, 4) is 0 Å². The molecule has 0 spiro atoms. The van der Waals surface area contributed by atoms with Gasteiger partial charge in [-0.1, -0.05) is 29.0 Å². The molecular formula is C10H22O2P2. The molecule has 0 saturated carbocycles. The summed E-state index contributed by atoms with van der Waals surface area (Å²) >= 11 is 0. The first kappa shape index (κ1) is 14.3. The van der Waals surface area contributed by atoms with Crippen molar-refractivity contribution in [2.45, 2.75) is 47.1 Å². The fourth-order valence-electron chi connectivity index (χ4n) is 0.685. The monoisotopic (exact) mass is 236 g/mol. The zero-order valence-corrected chi connectivity index (χ0v) is 12.0. The van der Waals surface area contributed by atoms with Crippen molar-refractivity contribution >= 4 is 22.2 Å². The molecule has 0 N–H and O–H groups in total. The van der Waals surface area contributed by atoms with Crippen LogP contribution in [0.25, 0.3) is 0 Å². The van der Waals surface area contributed by atoms with Gasteiger partial charge >= 0.3 is 5.71 Å². The van der Waals surface area contributed by atoms with Crippen molar-refractivity contribution in [2.75, 3.05) is 6.16 Å². The zero-order valence-electron chi connectivity index (χ0n) is 10.0. The van der Waals surface area contributed by atoms with Gasteiger partial charge in [-0.2, -0.15) is 0 Å². The largest absolute Gasteiger partial charge is 0.457 e. The maximum absolute atomic E-state index is 11.3. The molecule has 0 rings (SSSR count). The molecule has 0 aliphatic carbocycles. The second kappa shape index (κ2) is 5.42. The van der Waals surface area contributed by atoms with Crippen LogP contribution in [0.3, 0.4) is 0 Å². The Morgan fingerprint density at radius 2 is 1.64 bits per heavy atom. The molecule has 2 atom stereocenters. The van der Waals surface area contributed by atoms with E-state index >= 15 is 0 Å². The van der Waals surface area contributed by atoms with Crippen molar-refractivity contribution in [3.05, 3.63) is 0 Å². The van der Waals surface area contributed by atoms with E-state index in [1.165, 1.54) is 0 Å². The maximum Gasteiger partial charge on any atom is 0.327 e. The third kappa shape index (κ3) is 10.4. The fraction of sp³-hybridized carbons (Fsp3) is 0.900. The molecule has 0 aliphatic rings. The molecular weight excluding hydrogens is 214 g/mol. The Morgan fingerprint density at radius 3 is 2.00 bits per heavy atom. The van der Waals surface area contributed by atoms with Crippen LogP contribution >= 0.6 is 16.5 Å². The van der Waals surface area contributed by atoms with Crippen LogP contribution in [0.2, 0.25) is 0 Å². The fourth-order valence-corrected chi connectivity index (χ4v) is 4.25. The quantitative estimate of drug-likeness (QED) is 0.685. The van der Waals surface area contributed by atoms with Crippen molar-refractivity contribution < 1.29 is 9.53 Å². The van der Waals surface area contributed by atoms with E-state index in [1.807, 2.05) is 20.8 Å². The molecule has 0 saturated heterocycles. The van der Waals surface area contributed by atoms with Crippen molar-refractivity contribution in [1.82, 2.24) is 0 Å². The van der Waals surface area contributed by atoms with E-state index in [0.717, 1.165) is 6.16 Å². The van der Waals surface area contributed by atoms with Crippen molar-refractivity contribution in [3.63, 3.8) is 0 Å². The Kier molecular flexibility index (Phi) is 5.55. The van der Waals surface area contributed by atoms with Gasteiger partial charge in [-0.15, -0.1) is 0 Å². The van der Waals surface area contributed by atoms with Crippen LogP contribution < -0.4 is 0 Å². The molecule has 0 heterocycles. The van der Waals surface area contributed by atoms with Gasteiger partial charge in [0.1, 0.15) is 5.60 Å². The molecule has 0 fully saturated rings. The topological polar surface area (TPSA) is 26.3 Å². The SMILES string of the molecule is CC(C)(C)CPPC(=O)OC(C)(C)C. The first-order valence-electron chi connectivity index (χ1n) is 4.82. The molecule has 0 radical (unpaired) electrons. The summed E-state index contributed by atoms with van der Waals surface area (Å²) in [5.74, 6) is 0. The Labute approximate surface area is 91.0 Å². The summed E-state index contributed by atoms with van der Waals surface area (Å²) in [6.07, 6.45) is 1.10. The minimum absolute atomic E-state index is 0.0416. The second-order valence-electron chi connectivity index (χ2n) is 5.54. The van der Waals surface area contributed by atoms with Gasteiger partial charge in [0.05, 0.1) is 0 Å². The molecule has 0 aromatic rings. The summed E-state index contributed by atoms with van der Waals surface area (Å²) < 4.78 is 5.23. The number of hydrogen-bond acceptors (Lipinski definition) is 2. The van der Waals surface area contributed by atoms with Crippen LogP contribution in [-0.2, 0) is 4.74 Å². The summed E-state index contributed by atoms with van der Waals surface area (Å²) in [7, 11) is 1.02. The van der Waals surface area contributed by atoms with Crippen LogP contribution in [0, 0.1) is 5.41 Å². The van der Waals surface area contributed by atoms with Crippen LogP contribution in [0.4, 0.5) is 4.79 Å². The van der Waals surface area contributed by atoms with Crippen LogP contribution in [0.1, 0.15) is 41.5 Å². The lowest BCUT2D eigenvalue weighted by molar-refractivity contribution is 0.0735. The average molecular weight is 236 g/mol. The second-order valence-corrected chi connectivity index (χ2v) is 8.72. The van der Waals surface area contributed by atoms with Gasteiger partial charge < -0.3 is 4.74 Å². The molecule has 0 aromatic carbocycles. The summed E-state index contributed by atoms with van der Waals surface area (Å²) in [6.45, 7) is 12.3. The van der Waals surface area contributed by atoms with E-state index in [2.05, 4.69) is 20.8 Å². The van der Waals surface area contributed by atoms with Crippen LogP contribution in [0.15, 0.2) is 0 Å². The summed E-state index contributed by atoms with van der Waals surface area (Å²) in [5.41, 5.74) is -0.0518. The summed E-state index contributed by atoms with van der Waals surface area (Å²) in [4.78, 5) is 11.3. The molecule has 0 aliphatic heterocycles. The van der Waals surface area contributed by atoms with Gasteiger partial charge in [-0.3, -0.25) is 0 Å². The highest BCUT2D eigenvalue weighted by molar-refractivity contribution is 8.19. The third-order valence-corrected chi connectivity index (χ3v) is 4.60. The number of carbonyl (C=O) groups excluding carboxylic acids is 1. The number of ether oxygens (including phenoxy) is 1. The number of carbonyl (C=O) groups is 1. The predicted octanol–water partition coefficient (Wildman–Crippen LogP) is 4.24. The predicted molar refractivity (Wildman–Crippen MR) is 67.2 cm³/mol. The number of hydrogen-bond donors (Lipinski definition) is 0. The first-order chi connectivity index (χ1) is 6.10. The third-order valence-electron chi connectivity index (χ3n) is 1.21. The molecule has 14 heavy (non-hydrogen) atoms. The first-order valence-corrected chi connectivity index (χ1v) is 8.03. The van der Waals surface area contributed by atoms with E-state index in [-0.39, 0.29) is 11.3 Å². The normalized spacial score (nSPS) is 14.4. The highest BCUT2D eigenvalue weighted by Gasteiger charge is 2.17. The highest BCUT2D eigenvalue weighted by atomic mass is 32.0. The van der Waals surface area contributed by atoms with E-state index in [0.29, 0.717) is 22.0 Å². The van der Waals surface area contributed by atoms with Gasteiger partial charge in [-0.05, 0) is 32.3 Å². The molecule has 2 nitrogen and oxygen atoms in total. The van der Waals surface area contributed by atoms with Gasteiger partial charge in [0.2, 0.25) is 0 Å². The lowest BCUT2D eigenvalue weighted by atomic mass is 10.0. The van der Waals surface area contributed by atoms with Gasteiger partial charge in [0.15, 0.2) is 0 Å². The molecule has 0 amide bonds. The molecule has 84 valence electrons. The minimum atomic E-state index is -0.337. The lowest BCUT2D eigenvalue weighted by Gasteiger charge is -2.21. The molecule has 0 aromatic heterocycles. The van der Waals surface area contributed by atoms with E-state index in [9.17, 15) is 4.79 Å². The molecule has 4 heteroatoms. The maximum atomic E-state index is 11.3. The van der Waals surface area contributed by atoms with E-state index < -0.39 is 0 Å². The highest BCUT2D eigenvalue weighted by Crippen LogP contribution is 2.43. The Balaban J connectivity index is 3.66. The Bertz CT molecular complexity index is 189. The van der Waals surface area contributed by atoms with Crippen molar-refractivity contribution in [1.29, 1.82) is 0 Å². The van der Waals surface area contributed by atoms with Crippen molar-refractivity contribution in [2.24, 2.45) is 5.41 Å². The standard InChI is InChI=1S/C10H22O2P2/c1-9(2,3)7-13-14-8(11)12-10(4,5)6/h13-14H,7H2,1-6H3. The number of rotatable bonds is 3. The lowest BCUT2D eigenvalue weighted by Crippen LogP contribution is -2.20. The average Bonchev–Trinajstić information content (AvgIpc) is 1.78. The summed E-state index contributed by atoms with van der Waals surface area (Å²) in [5, 5.41) is 0. The van der Waals surface area contributed by atoms with Crippen LogP contribution in [0.5, 0.6) is 0 Å².